The lowest BCUT2D eigenvalue weighted by molar-refractivity contribution is 0.0973. The number of hydrogen-bond donors (Lipinski definition) is 3. The van der Waals surface area contributed by atoms with Gasteiger partial charge in [-0.25, -0.2) is 8.42 Å². The van der Waals surface area contributed by atoms with E-state index >= 15 is 0 Å². The minimum Gasteiger partial charge on any atom is -0.398 e. The lowest BCUT2D eigenvalue weighted by atomic mass is 9.89. The van der Waals surface area contributed by atoms with Crippen molar-refractivity contribution in [3.63, 3.8) is 0 Å². The average Bonchev–Trinajstić information content (AvgIpc) is 2.74. The van der Waals surface area contributed by atoms with Crippen LogP contribution in [0.1, 0.15) is 31.8 Å². The van der Waals surface area contributed by atoms with E-state index in [9.17, 15) is 18.0 Å². The average molecular weight is 448 g/mol. The number of carbonyl (C=O) groups is 2. The van der Waals surface area contributed by atoms with Crippen molar-refractivity contribution in [2.45, 2.75) is 18.7 Å². The molecule has 0 bridgehead atoms. The van der Waals surface area contributed by atoms with Gasteiger partial charge in [0.25, 0.3) is 10.0 Å². The summed E-state index contributed by atoms with van der Waals surface area (Å²) >= 11 is 0. The van der Waals surface area contributed by atoms with E-state index in [2.05, 4.69) is 10.0 Å². The molecule has 0 saturated heterocycles. The van der Waals surface area contributed by atoms with Crippen LogP contribution in [0.4, 0.5) is 11.4 Å². The molecule has 0 amide bonds. The lowest BCUT2D eigenvalue weighted by Gasteiger charge is -2.24. The summed E-state index contributed by atoms with van der Waals surface area (Å²) in [5, 5.41) is 2.97. The molecule has 1 aliphatic carbocycles. The molecule has 32 heavy (non-hydrogen) atoms. The van der Waals surface area contributed by atoms with Crippen LogP contribution in [-0.4, -0.2) is 20.0 Å². The fourth-order valence-corrected chi connectivity index (χ4v) is 4.80. The molecule has 0 unspecified atom stereocenters. The number of sulfonamides is 1. The van der Waals surface area contributed by atoms with E-state index in [4.69, 9.17) is 5.73 Å². The Kier molecular flexibility index (Phi) is 5.31. The third-order valence-electron chi connectivity index (χ3n) is 5.05. The molecule has 0 saturated carbocycles. The van der Waals surface area contributed by atoms with Gasteiger partial charge in [0, 0.05) is 16.9 Å². The number of allylic oxidation sites excluding steroid dienone is 2. The number of rotatable bonds is 5. The van der Waals surface area contributed by atoms with Gasteiger partial charge in [-0.1, -0.05) is 36.4 Å². The van der Waals surface area contributed by atoms with E-state index < -0.39 is 21.6 Å². The highest BCUT2D eigenvalue weighted by atomic mass is 32.2. The number of Topliss-reactive ketones (excluding diaryl/α,β-unsaturated/α-hetero) is 2. The maximum atomic E-state index is 13.4. The van der Waals surface area contributed by atoms with Crippen LogP contribution in [0.15, 0.2) is 83.0 Å². The second-order valence-corrected chi connectivity index (χ2v) is 9.28. The Morgan fingerprint density at radius 2 is 1.44 bits per heavy atom. The van der Waals surface area contributed by atoms with E-state index in [1.165, 1.54) is 24.3 Å². The van der Waals surface area contributed by atoms with Crippen LogP contribution in [0.25, 0.3) is 0 Å². The molecule has 0 aliphatic heterocycles. The molecule has 0 radical (unpaired) electrons. The number of hydrogen-bond acceptors (Lipinski definition) is 6. The second kappa shape index (κ2) is 7.97. The number of nitrogens with two attached hydrogens (primary N) is 1. The number of benzene rings is 3. The number of nitrogen functional groups attached to an aromatic ring is 1. The predicted molar refractivity (Wildman–Crippen MR) is 123 cm³/mol. The Morgan fingerprint density at radius 1 is 0.781 bits per heavy atom. The van der Waals surface area contributed by atoms with Gasteiger partial charge in [0.2, 0.25) is 11.6 Å². The Labute approximate surface area is 186 Å². The molecule has 8 heteroatoms. The Morgan fingerprint density at radius 3 is 2.09 bits per heavy atom. The van der Waals surface area contributed by atoms with Crippen molar-refractivity contribution in [1.82, 2.24) is 4.72 Å². The highest BCUT2D eigenvalue weighted by Crippen LogP contribution is 2.31. The Bertz CT molecular complexity index is 1370. The SMILES string of the molecule is Cc1cc(C)cc(NC2=C(NS(=O)(=O)c3ccccc3)C(=O)c3c(N)cccc3C2=O)c1. The summed E-state index contributed by atoms with van der Waals surface area (Å²) in [5.74, 6) is -1.21. The zero-order valence-electron chi connectivity index (χ0n) is 17.5. The zero-order valence-corrected chi connectivity index (χ0v) is 18.3. The van der Waals surface area contributed by atoms with Gasteiger partial charge in [0.05, 0.1) is 10.5 Å². The van der Waals surface area contributed by atoms with Crippen molar-refractivity contribution in [3.05, 3.63) is 100 Å². The number of ketones is 2. The molecule has 0 heterocycles. The van der Waals surface area contributed by atoms with Gasteiger partial charge in [0.15, 0.2) is 0 Å². The van der Waals surface area contributed by atoms with Gasteiger partial charge in [-0.05, 0) is 55.3 Å². The van der Waals surface area contributed by atoms with E-state index in [1.807, 2.05) is 19.9 Å². The maximum absolute atomic E-state index is 13.4. The highest BCUT2D eigenvalue weighted by molar-refractivity contribution is 7.89. The van der Waals surface area contributed by atoms with Crippen LogP contribution in [0.5, 0.6) is 0 Å². The maximum Gasteiger partial charge on any atom is 0.262 e. The molecule has 0 atom stereocenters. The molecular weight excluding hydrogens is 426 g/mol. The van der Waals surface area contributed by atoms with Gasteiger partial charge >= 0.3 is 0 Å². The quantitative estimate of drug-likeness (QED) is 0.515. The first-order chi connectivity index (χ1) is 15.2. The Balaban J connectivity index is 1.88. The van der Waals surface area contributed by atoms with Gasteiger partial charge in [-0.15, -0.1) is 0 Å². The van der Waals surface area contributed by atoms with Crippen molar-refractivity contribution >= 4 is 33.0 Å². The van der Waals surface area contributed by atoms with Crippen LogP contribution in [0.2, 0.25) is 0 Å². The molecule has 4 rings (SSSR count). The number of carbonyl (C=O) groups excluding carboxylic acids is 2. The van der Waals surface area contributed by atoms with Crippen LogP contribution in [0, 0.1) is 13.8 Å². The van der Waals surface area contributed by atoms with Gasteiger partial charge in [-0.2, -0.15) is 0 Å². The minimum absolute atomic E-state index is 0.0192. The van der Waals surface area contributed by atoms with Crippen LogP contribution in [-0.2, 0) is 10.0 Å². The smallest absolute Gasteiger partial charge is 0.262 e. The molecule has 4 N–H and O–H groups in total. The number of aryl methyl sites for hydroxylation is 2. The first kappa shape index (κ1) is 21.3. The number of anilines is 2. The first-order valence-corrected chi connectivity index (χ1v) is 11.3. The largest absolute Gasteiger partial charge is 0.398 e. The number of fused-ring (bicyclic) bond motifs is 1. The van der Waals surface area contributed by atoms with Crippen LogP contribution in [0.3, 0.4) is 0 Å². The van der Waals surface area contributed by atoms with Gasteiger partial charge in [-0.3, -0.25) is 14.3 Å². The van der Waals surface area contributed by atoms with Crippen molar-refractivity contribution in [2.75, 3.05) is 11.1 Å². The molecule has 162 valence electrons. The molecule has 3 aromatic carbocycles. The molecule has 7 nitrogen and oxygen atoms in total. The normalized spacial score (nSPS) is 13.7. The summed E-state index contributed by atoms with van der Waals surface area (Å²) in [6.45, 7) is 3.80. The molecule has 0 spiro atoms. The second-order valence-electron chi connectivity index (χ2n) is 7.60. The summed E-state index contributed by atoms with van der Waals surface area (Å²) in [6, 6.07) is 17.7. The van der Waals surface area contributed by atoms with E-state index in [-0.39, 0.29) is 33.1 Å². The topological polar surface area (TPSA) is 118 Å². The molecule has 0 aromatic heterocycles. The zero-order chi connectivity index (χ0) is 23.0. The first-order valence-electron chi connectivity index (χ1n) is 9.83. The lowest BCUT2D eigenvalue weighted by Crippen LogP contribution is -2.36. The van der Waals surface area contributed by atoms with Crippen molar-refractivity contribution < 1.29 is 18.0 Å². The summed E-state index contributed by atoms with van der Waals surface area (Å²) in [4.78, 5) is 26.7. The standard InChI is InChI=1S/C24H21N3O4S/c1-14-11-15(2)13-16(12-14)26-21-22(27-32(30,31)17-7-4-3-5-8-17)24(29)20-18(23(21)28)9-6-10-19(20)25/h3-13,26-27H,25H2,1-2H3. The fourth-order valence-electron chi connectivity index (χ4n) is 3.70. The fraction of sp³-hybridized carbons (Fsp3) is 0.0833. The summed E-state index contributed by atoms with van der Waals surface area (Å²) in [6.07, 6.45) is 0. The molecule has 3 aromatic rings. The van der Waals surface area contributed by atoms with Gasteiger partial charge in [0.1, 0.15) is 11.4 Å². The van der Waals surface area contributed by atoms with Gasteiger partial charge < -0.3 is 11.1 Å². The van der Waals surface area contributed by atoms with Crippen LogP contribution >= 0.6 is 0 Å². The van der Waals surface area contributed by atoms with E-state index in [0.717, 1.165) is 11.1 Å². The van der Waals surface area contributed by atoms with Crippen molar-refractivity contribution in [1.29, 1.82) is 0 Å². The summed E-state index contributed by atoms with van der Waals surface area (Å²) in [5.41, 5.74) is 8.09. The molecular formula is C24H21N3O4S. The molecule has 1 aliphatic rings. The van der Waals surface area contributed by atoms with E-state index in [1.54, 1.807) is 36.4 Å². The van der Waals surface area contributed by atoms with Crippen LogP contribution < -0.4 is 15.8 Å². The third-order valence-corrected chi connectivity index (χ3v) is 6.42. The van der Waals surface area contributed by atoms with Crippen molar-refractivity contribution in [3.8, 4) is 0 Å². The van der Waals surface area contributed by atoms with E-state index in [0.29, 0.717) is 5.69 Å². The summed E-state index contributed by atoms with van der Waals surface area (Å²) in [7, 11) is -4.13. The summed E-state index contributed by atoms with van der Waals surface area (Å²) < 4.78 is 28.3. The number of nitrogens with one attached hydrogen (secondary N) is 2. The van der Waals surface area contributed by atoms with Crippen molar-refractivity contribution in [2.24, 2.45) is 0 Å². The monoisotopic (exact) mass is 447 g/mol. The predicted octanol–water partition coefficient (Wildman–Crippen LogP) is 3.57. The highest BCUT2D eigenvalue weighted by Gasteiger charge is 2.36. The Hall–Kier alpha value is -3.91. The molecule has 0 fully saturated rings. The minimum atomic E-state index is -4.13. The third kappa shape index (κ3) is 3.88.